The van der Waals surface area contributed by atoms with Crippen LogP contribution in [0.4, 0.5) is 15.8 Å². The van der Waals surface area contributed by atoms with Crippen LogP contribution in [0, 0.1) is 5.82 Å². The van der Waals surface area contributed by atoms with Crippen LogP contribution in [-0.4, -0.2) is 16.9 Å². The van der Waals surface area contributed by atoms with Gasteiger partial charge in [-0.1, -0.05) is 31.4 Å². The molecule has 1 amide bonds. The van der Waals surface area contributed by atoms with E-state index in [1.165, 1.54) is 25.3 Å². The zero-order valence-electron chi connectivity index (χ0n) is 12.9. The minimum absolute atomic E-state index is 0.144. The van der Waals surface area contributed by atoms with E-state index in [-0.39, 0.29) is 17.8 Å². The Morgan fingerprint density at radius 3 is 2.57 bits per heavy atom. The summed E-state index contributed by atoms with van der Waals surface area (Å²) in [6, 6.07) is 10.1. The van der Waals surface area contributed by atoms with Crippen LogP contribution in [0.25, 0.3) is 0 Å². The molecule has 2 N–H and O–H groups in total. The maximum atomic E-state index is 13.6. The lowest BCUT2D eigenvalue weighted by Crippen LogP contribution is -2.36. The standard InChI is InChI=1S/C18H20FN3O/c19-15-8-4-5-9-16(15)21-14-10-11-17(20-12-14)18(23)22-13-6-2-1-3-7-13/h4-5,8-13,21H,1-3,6-7H2,(H,22,23). The Morgan fingerprint density at radius 1 is 1.09 bits per heavy atom. The molecule has 1 heterocycles. The predicted octanol–water partition coefficient (Wildman–Crippen LogP) is 4.03. The van der Waals surface area contributed by atoms with E-state index in [9.17, 15) is 9.18 Å². The Labute approximate surface area is 135 Å². The highest BCUT2D eigenvalue weighted by molar-refractivity contribution is 5.92. The van der Waals surface area contributed by atoms with Crippen LogP contribution in [0.3, 0.4) is 0 Å². The van der Waals surface area contributed by atoms with Crippen molar-refractivity contribution in [3.63, 3.8) is 0 Å². The van der Waals surface area contributed by atoms with Gasteiger partial charge in [-0.3, -0.25) is 4.79 Å². The molecule has 1 aliphatic rings. The number of hydrogen-bond acceptors (Lipinski definition) is 3. The fourth-order valence-corrected chi connectivity index (χ4v) is 2.83. The molecule has 0 spiro atoms. The highest BCUT2D eigenvalue weighted by atomic mass is 19.1. The second kappa shape index (κ2) is 7.22. The number of halogens is 1. The molecule has 5 heteroatoms. The van der Waals surface area contributed by atoms with Crippen LogP contribution in [0.1, 0.15) is 42.6 Å². The predicted molar refractivity (Wildman–Crippen MR) is 88.3 cm³/mol. The number of carbonyl (C=O) groups is 1. The SMILES string of the molecule is O=C(NC1CCCCC1)c1ccc(Nc2ccccc2F)cn1. The zero-order chi connectivity index (χ0) is 16.1. The number of carbonyl (C=O) groups excluding carboxylic acids is 1. The Kier molecular flexibility index (Phi) is 4.86. The van der Waals surface area contributed by atoms with Gasteiger partial charge >= 0.3 is 0 Å². The third kappa shape index (κ3) is 4.06. The molecule has 0 atom stereocenters. The molecule has 120 valence electrons. The summed E-state index contributed by atoms with van der Waals surface area (Å²) in [5.41, 5.74) is 1.41. The molecule has 3 rings (SSSR count). The van der Waals surface area contributed by atoms with Crippen LogP contribution in [0.2, 0.25) is 0 Å². The summed E-state index contributed by atoms with van der Waals surface area (Å²) in [6.45, 7) is 0. The number of benzene rings is 1. The van der Waals surface area contributed by atoms with E-state index in [0.29, 0.717) is 17.1 Å². The number of nitrogens with one attached hydrogen (secondary N) is 2. The van der Waals surface area contributed by atoms with Gasteiger partial charge in [-0.2, -0.15) is 0 Å². The lowest BCUT2D eigenvalue weighted by molar-refractivity contribution is 0.0922. The molecule has 23 heavy (non-hydrogen) atoms. The Hall–Kier alpha value is -2.43. The van der Waals surface area contributed by atoms with Crippen molar-refractivity contribution in [1.29, 1.82) is 0 Å². The molecule has 4 nitrogen and oxygen atoms in total. The van der Waals surface area contributed by atoms with Gasteiger partial charge in [-0.05, 0) is 37.1 Å². The van der Waals surface area contributed by atoms with Crippen LogP contribution in [-0.2, 0) is 0 Å². The number of hydrogen-bond donors (Lipinski definition) is 2. The minimum atomic E-state index is -0.327. The first-order chi connectivity index (χ1) is 11.2. The number of amides is 1. The maximum Gasteiger partial charge on any atom is 0.270 e. The van der Waals surface area contributed by atoms with Crippen molar-refractivity contribution in [1.82, 2.24) is 10.3 Å². The quantitative estimate of drug-likeness (QED) is 0.896. The van der Waals surface area contributed by atoms with E-state index < -0.39 is 0 Å². The molecule has 1 fully saturated rings. The molecule has 0 unspecified atom stereocenters. The molecule has 0 aliphatic heterocycles. The van der Waals surface area contributed by atoms with Crippen LogP contribution >= 0.6 is 0 Å². The van der Waals surface area contributed by atoms with Gasteiger partial charge in [0, 0.05) is 6.04 Å². The van der Waals surface area contributed by atoms with Crippen LogP contribution in [0.15, 0.2) is 42.6 Å². The third-order valence-corrected chi connectivity index (χ3v) is 4.09. The highest BCUT2D eigenvalue weighted by Gasteiger charge is 2.17. The first-order valence-electron chi connectivity index (χ1n) is 8.01. The molecule has 0 bridgehead atoms. The van der Waals surface area contributed by atoms with E-state index >= 15 is 0 Å². The van der Waals surface area contributed by atoms with Gasteiger partial charge in [-0.15, -0.1) is 0 Å². The minimum Gasteiger partial charge on any atom is -0.352 e. The van der Waals surface area contributed by atoms with Crippen molar-refractivity contribution in [2.45, 2.75) is 38.1 Å². The molecular weight excluding hydrogens is 293 g/mol. The molecule has 1 aliphatic carbocycles. The second-order valence-electron chi connectivity index (χ2n) is 5.85. The van der Waals surface area contributed by atoms with Gasteiger partial charge in [0.1, 0.15) is 11.5 Å². The molecular formula is C18H20FN3O. The Bertz CT molecular complexity index is 666. The second-order valence-corrected chi connectivity index (χ2v) is 5.85. The maximum absolute atomic E-state index is 13.6. The van der Waals surface area contributed by atoms with Crippen molar-refractivity contribution in [3.05, 3.63) is 54.1 Å². The fourth-order valence-electron chi connectivity index (χ4n) is 2.83. The Balaban J connectivity index is 1.62. The van der Waals surface area contributed by atoms with E-state index in [1.54, 1.807) is 36.5 Å². The topological polar surface area (TPSA) is 54.0 Å². The molecule has 0 saturated heterocycles. The molecule has 1 aromatic heterocycles. The van der Waals surface area contributed by atoms with Crippen molar-refractivity contribution >= 4 is 17.3 Å². The van der Waals surface area contributed by atoms with E-state index in [0.717, 1.165) is 12.8 Å². The Morgan fingerprint density at radius 2 is 1.87 bits per heavy atom. The summed E-state index contributed by atoms with van der Waals surface area (Å²) < 4.78 is 13.6. The molecule has 1 saturated carbocycles. The molecule has 1 aromatic carbocycles. The first-order valence-corrected chi connectivity index (χ1v) is 8.01. The monoisotopic (exact) mass is 313 g/mol. The van der Waals surface area contributed by atoms with Gasteiger partial charge < -0.3 is 10.6 Å². The van der Waals surface area contributed by atoms with E-state index in [4.69, 9.17) is 0 Å². The summed E-state index contributed by atoms with van der Waals surface area (Å²) in [7, 11) is 0. The van der Waals surface area contributed by atoms with Crippen molar-refractivity contribution < 1.29 is 9.18 Å². The van der Waals surface area contributed by atoms with Gasteiger partial charge in [0.25, 0.3) is 5.91 Å². The number of rotatable bonds is 4. The summed E-state index contributed by atoms with van der Waals surface area (Å²) in [5, 5.41) is 5.98. The van der Waals surface area contributed by atoms with Crippen LogP contribution in [0.5, 0.6) is 0 Å². The largest absolute Gasteiger partial charge is 0.352 e. The first kappa shape index (κ1) is 15.5. The van der Waals surface area contributed by atoms with Crippen molar-refractivity contribution in [3.8, 4) is 0 Å². The van der Waals surface area contributed by atoms with E-state index in [2.05, 4.69) is 15.6 Å². The van der Waals surface area contributed by atoms with Crippen LogP contribution < -0.4 is 10.6 Å². The van der Waals surface area contributed by atoms with Gasteiger partial charge in [0.05, 0.1) is 17.6 Å². The van der Waals surface area contributed by atoms with Crippen molar-refractivity contribution in [2.24, 2.45) is 0 Å². The fraction of sp³-hybridized carbons (Fsp3) is 0.333. The lowest BCUT2D eigenvalue weighted by atomic mass is 9.95. The summed E-state index contributed by atoms with van der Waals surface area (Å²) in [4.78, 5) is 16.4. The third-order valence-electron chi connectivity index (χ3n) is 4.09. The average molecular weight is 313 g/mol. The highest BCUT2D eigenvalue weighted by Crippen LogP contribution is 2.20. The number of para-hydroxylation sites is 1. The number of aromatic nitrogens is 1. The number of pyridine rings is 1. The lowest BCUT2D eigenvalue weighted by Gasteiger charge is -2.22. The summed E-state index contributed by atoms with van der Waals surface area (Å²) in [6.07, 6.45) is 7.22. The average Bonchev–Trinajstić information content (AvgIpc) is 2.58. The normalized spacial score (nSPS) is 15.2. The smallest absolute Gasteiger partial charge is 0.270 e. The van der Waals surface area contributed by atoms with Crippen molar-refractivity contribution in [2.75, 3.05) is 5.32 Å². The number of anilines is 2. The van der Waals surface area contributed by atoms with Gasteiger partial charge in [0.2, 0.25) is 0 Å². The molecule has 0 radical (unpaired) electrons. The summed E-state index contributed by atoms with van der Waals surface area (Å²) >= 11 is 0. The molecule has 2 aromatic rings. The number of nitrogens with zero attached hydrogens (tertiary/aromatic N) is 1. The zero-order valence-corrected chi connectivity index (χ0v) is 12.9. The summed E-state index contributed by atoms with van der Waals surface area (Å²) in [5.74, 6) is -0.471. The van der Waals surface area contributed by atoms with E-state index in [1.807, 2.05) is 0 Å². The van der Waals surface area contributed by atoms with Gasteiger partial charge in [0.15, 0.2) is 0 Å². The van der Waals surface area contributed by atoms with Gasteiger partial charge in [-0.25, -0.2) is 9.37 Å².